The highest BCUT2D eigenvalue weighted by molar-refractivity contribution is 9.11. The zero-order valence-electron chi connectivity index (χ0n) is 8.00. The van der Waals surface area contributed by atoms with E-state index >= 15 is 0 Å². The minimum Gasteiger partial charge on any atom is -0.229 e. The number of halogens is 3. The number of rotatable bonds is 3. The summed E-state index contributed by atoms with van der Waals surface area (Å²) in [4.78, 5) is 0.686. The van der Waals surface area contributed by atoms with Crippen LogP contribution in [0.2, 0.25) is 5.02 Å². The van der Waals surface area contributed by atoms with Gasteiger partial charge in [-0.2, -0.15) is 0 Å². The standard InChI is InChI=1S/C8H9Br2ClO2S2/c1-4(15(2,12)13)7(9)6-3-5(11)8(10)14-6/h3-4,7H,1-2H3. The van der Waals surface area contributed by atoms with Gasteiger partial charge in [-0.3, -0.25) is 0 Å². The molecule has 2 unspecified atom stereocenters. The maximum atomic E-state index is 11.4. The highest BCUT2D eigenvalue weighted by Crippen LogP contribution is 2.40. The van der Waals surface area contributed by atoms with Gasteiger partial charge in [0.2, 0.25) is 0 Å². The van der Waals surface area contributed by atoms with Gasteiger partial charge in [-0.05, 0) is 28.9 Å². The predicted octanol–water partition coefficient (Wildman–Crippen LogP) is 4.03. The normalized spacial score (nSPS) is 16.3. The van der Waals surface area contributed by atoms with E-state index in [0.29, 0.717) is 5.02 Å². The molecule has 7 heteroatoms. The molecule has 1 rings (SSSR count). The van der Waals surface area contributed by atoms with Crippen molar-refractivity contribution in [2.24, 2.45) is 0 Å². The summed E-state index contributed by atoms with van der Waals surface area (Å²) in [5, 5.41) is 0.138. The van der Waals surface area contributed by atoms with E-state index in [9.17, 15) is 8.42 Å². The Labute approximate surface area is 115 Å². The number of hydrogen-bond acceptors (Lipinski definition) is 3. The zero-order valence-corrected chi connectivity index (χ0v) is 13.6. The molecule has 0 radical (unpaired) electrons. The Kier molecular flexibility index (Phi) is 4.69. The first-order chi connectivity index (χ1) is 6.73. The molecule has 1 heterocycles. The van der Waals surface area contributed by atoms with Gasteiger partial charge in [-0.1, -0.05) is 27.5 Å². The van der Waals surface area contributed by atoms with Crippen LogP contribution in [0, 0.1) is 0 Å². The van der Waals surface area contributed by atoms with Crippen LogP contribution in [-0.4, -0.2) is 19.9 Å². The third kappa shape index (κ3) is 3.43. The average molecular weight is 397 g/mol. The van der Waals surface area contributed by atoms with Crippen molar-refractivity contribution in [2.45, 2.75) is 17.0 Å². The fourth-order valence-corrected chi connectivity index (χ4v) is 5.03. The van der Waals surface area contributed by atoms with Gasteiger partial charge in [0.25, 0.3) is 0 Å². The molecule has 0 fully saturated rings. The molecule has 1 aromatic rings. The fourth-order valence-electron chi connectivity index (χ4n) is 0.948. The van der Waals surface area contributed by atoms with Crippen LogP contribution in [0.25, 0.3) is 0 Å². The Morgan fingerprint density at radius 1 is 1.53 bits per heavy atom. The predicted molar refractivity (Wildman–Crippen MR) is 73.0 cm³/mol. The fraction of sp³-hybridized carbons (Fsp3) is 0.500. The van der Waals surface area contributed by atoms with E-state index in [1.165, 1.54) is 17.6 Å². The van der Waals surface area contributed by atoms with Crippen molar-refractivity contribution in [1.82, 2.24) is 0 Å². The van der Waals surface area contributed by atoms with Crippen molar-refractivity contribution in [3.63, 3.8) is 0 Å². The summed E-state index contributed by atoms with van der Waals surface area (Å²) in [7, 11) is -3.05. The van der Waals surface area contributed by atoms with E-state index < -0.39 is 15.1 Å². The van der Waals surface area contributed by atoms with Gasteiger partial charge >= 0.3 is 0 Å². The summed E-state index contributed by atoms with van der Waals surface area (Å²) >= 11 is 14.0. The molecule has 0 aliphatic carbocycles. The summed E-state index contributed by atoms with van der Waals surface area (Å²) in [6, 6.07) is 1.78. The van der Waals surface area contributed by atoms with Crippen molar-refractivity contribution in [3.8, 4) is 0 Å². The molecule has 0 bridgehead atoms. The van der Waals surface area contributed by atoms with E-state index in [0.717, 1.165) is 8.66 Å². The summed E-state index contributed by atoms with van der Waals surface area (Å²) in [6.07, 6.45) is 1.23. The van der Waals surface area contributed by atoms with Crippen LogP contribution in [0.15, 0.2) is 9.85 Å². The van der Waals surface area contributed by atoms with Gasteiger partial charge in [0.05, 0.1) is 18.9 Å². The van der Waals surface area contributed by atoms with Crippen LogP contribution >= 0.6 is 54.8 Å². The SMILES string of the molecule is CC(C(Br)c1cc(Cl)c(Br)s1)S(C)(=O)=O. The molecule has 0 saturated heterocycles. The molecule has 2 nitrogen and oxygen atoms in total. The molecule has 2 atom stereocenters. The summed E-state index contributed by atoms with van der Waals surface area (Å²) < 4.78 is 23.6. The number of thiophene rings is 1. The Morgan fingerprint density at radius 3 is 2.40 bits per heavy atom. The minimum absolute atomic E-state index is 0.221. The monoisotopic (exact) mass is 394 g/mol. The lowest BCUT2D eigenvalue weighted by atomic mass is 10.3. The summed E-state index contributed by atoms with van der Waals surface area (Å²) in [6.45, 7) is 1.68. The van der Waals surface area contributed by atoms with E-state index in [4.69, 9.17) is 11.6 Å². The largest absolute Gasteiger partial charge is 0.229 e. The molecule has 0 N–H and O–H groups in total. The van der Waals surface area contributed by atoms with Crippen LogP contribution in [0.1, 0.15) is 16.6 Å². The lowest BCUT2D eigenvalue weighted by Gasteiger charge is -2.14. The molecule has 0 aliphatic heterocycles. The van der Waals surface area contributed by atoms with Crippen LogP contribution in [0.4, 0.5) is 0 Å². The summed E-state index contributed by atoms with van der Waals surface area (Å²) in [5.74, 6) is 0. The first kappa shape index (κ1) is 14.0. The summed E-state index contributed by atoms with van der Waals surface area (Å²) in [5.41, 5.74) is 0. The second kappa shape index (κ2) is 5.04. The molecule has 1 aromatic heterocycles. The van der Waals surface area contributed by atoms with Crippen LogP contribution < -0.4 is 0 Å². The lowest BCUT2D eigenvalue weighted by molar-refractivity contribution is 0.589. The van der Waals surface area contributed by atoms with Crippen molar-refractivity contribution in [3.05, 3.63) is 19.8 Å². The van der Waals surface area contributed by atoms with Crippen molar-refractivity contribution < 1.29 is 8.42 Å². The number of hydrogen-bond donors (Lipinski definition) is 0. The highest BCUT2D eigenvalue weighted by Gasteiger charge is 2.26. The minimum atomic E-state index is -3.05. The maximum absolute atomic E-state index is 11.4. The number of alkyl halides is 1. The van der Waals surface area contributed by atoms with Gasteiger partial charge in [-0.15, -0.1) is 11.3 Å². The molecule has 0 spiro atoms. The second-order valence-electron chi connectivity index (χ2n) is 3.21. The Hall–Kier alpha value is 0.900. The third-order valence-corrected chi connectivity index (χ3v) is 8.14. The van der Waals surface area contributed by atoms with Crippen molar-refractivity contribution in [1.29, 1.82) is 0 Å². The van der Waals surface area contributed by atoms with Gasteiger partial charge in [0.15, 0.2) is 9.84 Å². The van der Waals surface area contributed by atoms with E-state index in [2.05, 4.69) is 31.9 Å². The van der Waals surface area contributed by atoms with Crippen molar-refractivity contribution >= 4 is 64.6 Å². The molecule has 0 aromatic carbocycles. The Balaban J connectivity index is 3.00. The van der Waals surface area contributed by atoms with Gasteiger partial charge in [-0.25, -0.2) is 8.42 Å². The topological polar surface area (TPSA) is 34.1 Å². The molecular weight excluding hydrogens is 387 g/mol. The average Bonchev–Trinajstić information content (AvgIpc) is 2.43. The molecule has 15 heavy (non-hydrogen) atoms. The quantitative estimate of drug-likeness (QED) is 0.723. The van der Waals surface area contributed by atoms with E-state index in [1.54, 1.807) is 13.0 Å². The van der Waals surface area contributed by atoms with E-state index in [-0.39, 0.29) is 4.83 Å². The molecule has 86 valence electrons. The molecule has 0 amide bonds. The Morgan fingerprint density at radius 2 is 2.07 bits per heavy atom. The molecule has 0 aliphatic rings. The third-order valence-electron chi connectivity index (χ3n) is 2.02. The maximum Gasteiger partial charge on any atom is 0.151 e. The van der Waals surface area contributed by atoms with Gasteiger partial charge in [0, 0.05) is 11.1 Å². The molecule has 0 saturated carbocycles. The van der Waals surface area contributed by atoms with Crippen molar-refractivity contribution in [2.75, 3.05) is 6.26 Å². The Bertz CT molecular complexity index is 436. The zero-order chi connectivity index (χ0) is 11.8. The highest BCUT2D eigenvalue weighted by atomic mass is 79.9. The van der Waals surface area contributed by atoms with Gasteiger partial charge in [0.1, 0.15) is 0 Å². The first-order valence-corrected chi connectivity index (χ1v) is 8.87. The number of sulfone groups is 1. The molecular formula is C8H9Br2ClO2S2. The lowest BCUT2D eigenvalue weighted by Crippen LogP contribution is -2.20. The second-order valence-corrected chi connectivity index (χ2v) is 9.40. The first-order valence-electron chi connectivity index (χ1n) is 4.01. The van der Waals surface area contributed by atoms with Gasteiger partial charge < -0.3 is 0 Å². The smallest absolute Gasteiger partial charge is 0.151 e. The van der Waals surface area contributed by atoms with Crippen LogP contribution in [0.3, 0.4) is 0 Å². The van der Waals surface area contributed by atoms with Crippen LogP contribution in [0.5, 0.6) is 0 Å². The van der Waals surface area contributed by atoms with E-state index in [1.807, 2.05) is 0 Å². The van der Waals surface area contributed by atoms with Crippen LogP contribution in [-0.2, 0) is 9.84 Å².